The molecule has 0 unspecified atom stereocenters. The van der Waals surface area contributed by atoms with Crippen molar-refractivity contribution in [1.29, 1.82) is 0 Å². The zero-order valence-electron chi connectivity index (χ0n) is 14.4. The number of hydrogen-bond donors (Lipinski definition) is 0. The largest absolute Gasteiger partial charge is 0.491 e. The number of para-hydroxylation sites is 1. The quantitative estimate of drug-likeness (QED) is 0.804. The Morgan fingerprint density at radius 3 is 2.88 bits per heavy atom. The van der Waals surface area contributed by atoms with Crippen LogP contribution in [0.2, 0.25) is 0 Å². The maximum Gasteiger partial charge on any atom is 0.133 e. The fraction of sp³-hybridized carbons (Fsp3) is 0.500. The normalized spacial score (nSPS) is 24.5. The zero-order chi connectivity index (χ0) is 16.9. The number of furan rings is 1. The van der Waals surface area contributed by atoms with Crippen molar-refractivity contribution in [3.05, 3.63) is 54.0 Å². The highest BCUT2D eigenvalue weighted by molar-refractivity contribution is 5.33. The topological polar surface area (TPSA) is 44.1 Å². The van der Waals surface area contributed by atoms with E-state index in [-0.39, 0.29) is 12.2 Å². The van der Waals surface area contributed by atoms with E-state index in [4.69, 9.17) is 18.6 Å². The fourth-order valence-corrected chi connectivity index (χ4v) is 3.47. The van der Waals surface area contributed by atoms with E-state index >= 15 is 0 Å². The van der Waals surface area contributed by atoms with Crippen molar-refractivity contribution >= 4 is 0 Å². The van der Waals surface area contributed by atoms with Gasteiger partial charge in [0.25, 0.3) is 0 Å². The molecule has 2 aliphatic heterocycles. The summed E-state index contributed by atoms with van der Waals surface area (Å²) in [5.74, 6) is 1.85. The van der Waals surface area contributed by atoms with Gasteiger partial charge in [0.2, 0.25) is 0 Å². The van der Waals surface area contributed by atoms with Gasteiger partial charge in [-0.1, -0.05) is 18.2 Å². The molecule has 0 radical (unpaired) electrons. The first-order valence-corrected chi connectivity index (χ1v) is 9.08. The lowest BCUT2D eigenvalue weighted by atomic mass is 10.1. The van der Waals surface area contributed by atoms with Crippen LogP contribution >= 0.6 is 0 Å². The third-order valence-electron chi connectivity index (χ3n) is 4.83. The zero-order valence-corrected chi connectivity index (χ0v) is 14.4. The Bertz CT molecular complexity index is 651. The van der Waals surface area contributed by atoms with E-state index in [1.165, 1.54) is 5.56 Å². The highest BCUT2D eigenvalue weighted by Gasteiger charge is 2.24. The molecule has 2 aliphatic rings. The van der Waals surface area contributed by atoms with Crippen molar-refractivity contribution in [2.45, 2.75) is 31.6 Å². The first-order valence-electron chi connectivity index (χ1n) is 9.08. The van der Waals surface area contributed by atoms with Gasteiger partial charge in [-0.2, -0.15) is 0 Å². The monoisotopic (exact) mass is 343 g/mol. The van der Waals surface area contributed by atoms with Gasteiger partial charge in [0.05, 0.1) is 19.0 Å². The van der Waals surface area contributed by atoms with Crippen molar-refractivity contribution in [1.82, 2.24) is 4.90 Å². The maximum atomic E-state index is 6.06. The van der Waals surface area contributed by atoms with Crippen molar-refractivity contribution in [2.75, 3.05) is 32.9 Å². The van der Waals surface area contributed by atoms with Crippen molar-refractivity contribution in [3.63, 3.8) is 0 Å². The van der Waals surface area contributed by atoms with Gasteiger partial charge in [0, 0.05) is 31.8 Å². The predicted octanol–water partition coefficient (Wildman–Crippen LogP) is 3.41. The van der Waals surface area contributed by atoms with Crippen LogP contribution in [0.25, 0.3) is 0 Å². The maximum absolute atomic E-state index is 6.06. The highest BCUT2D eigenvalue weighted by atomic mass is 16.5. The SMILES string of the molecule is c1coc([C@@H]2CN(Cc3ccccc3OC[C@H]3CCCO3)CCO2)c1. The number of hydrogen-bond acceptors (Lipinski definition) is 5. The van der Waals surface area contributed by atoms with Crippen molar-refractivity contribution in [2.24, 2.45) is 0 Å². The summed E-state index contributed by atoms with van der Waals surface area (Å²) >= 11 is 0. The minimum Gasteiger partial charge on any atom is -0.491 e. The molecule has 2 atom stereocenters. The van der Waals surface area contributed by atoms with E-state index in [1.54, 1.807) is 6.26 Å². The molecule has 134 valence electrons. The number of benzene rings is 1. The molecular weight excluding hydrogens is 318 g/mol. The molecule has 0 aliphatic carbocycles. The van der Waals surface area contributed by atoms with Gasteiger partial charge in [-0.05, 0) is 31.0 Å². The summed E-state index contributed by atoms with van der Waals surface area (Å²) in [5, 5.41) is 0. The molecule has 5 nitrogen and oxygen atoms in total. The van der Waals surface area contributed by atoms with E-state index in [0.717, 1.165) is 50.6 Å². The summed E-state index contributed by atoms with van der Waals surface area (Å²) in [7, 11) is 0. The number of nitrogens with zero attached hydrogens (tertiary/aromatic N) is 1. The summed E-state index contributed by atoms with van der Waals surface area (Å²) < 4.78 is 23.1. The van der Waals surface area contributed by atoms with Gasteiger partial charge in [0.1, 0.15) is 24.2 Å². The van der Waals surface area contributed by atoms with Crippen molar-refractivity contribution < 1.29 is 18.6 Å². The van der Waals surface area contributed by atoms with Gasteiger partial charge >= 0.3 is 0 Å². The fourth-order valence-electron chi connectivity index (χ4n) is 3.47. The third kappa shape index (κ3) is 4.24. The first kappa shape index (κ1) is 16.6. The second kappa shape index (κ2) is 8.04. The second-order valence-corrected chi connectivity index (χ2v) is 6.66. The van der Waals surface area contributed by atoms with Gasteiger partial charge in [-0.15, -0.1) is 0 Å². The molecule has 2 aromatic rings. The molecule has 0 bridgehead atoms. The molecule has 5 heteroatoms. The molecule has 3 heterocycles. The molecule has 1 aromatic heterocycles. The van der Waals surface area contributed by atoms with E-state index < -0.39 is 0 Å². The Kier molecular flexibility index (Phi) is 5.35. The van der Waals surface area contributed by atoms with Gasteiger partial charge in [-0.3, -0.25) is 4.90 Å². The van der Waals surface area contributed by atoms with Crippen LogP contribution in [0.3, 0.4) is 0 Å². The Hall–Kier alpha value is -1.82. The molecule has 2 fully saturated rings. The van der Waals surface area contributed by atoms with Crippen LogP contribution < -0.4 is 4.74 Å². The molecule has 2 saturated heterocycles. The lowest BCUT2D eigenvalue weighted by Gasteiger charge is -2.32. The molecule has 0 N–H and O–H groups in total. The lowest BCUT2D eigenvalue weighted by molar-refractivity contribution is -0.0430. The molecular formula is C20H25NO4. The number of morpholine rings is 1. The Morgan fingerprint density at radius 2 is 2.04 bits per heavy atom. The van der Waals surface area contributed by atoms with E-state index in [0.29, 0.717) is 13.2 Å². The molecule has 1 aromatic carbocycles. The second-order valence-electron chi connectivity index (χ2n) is 6.66. The molecule has 4 rings (SSSR count). The third-order valence-corrected chi connectivity index (χ3v) is 4.83. The molecule has 25 heavy (non-hydrogen) atoms. The standard InChI is InChI=1S/C20H25NO4/c1-2-7-18(25-15-17-6-3-10-22-17)16(5-1)13-21-9-12-24-20(14-21)19-8-4-11-23-19/h1-2,4-5,7-8,11,17,20H,3,6,9-10,12-15H2/t17-,20+/m1/s1. The molecule has 0 spiro atoms. The van der Waals surface area contributed by atoms with E-state index in [1.807, 2.05) is 18.2 Å². The smallest absolute Gasteiger partial charge is 0.133 e. The summed E-state index contributed by atoms with van der Waals surface area (Å²) in [4.78, 5) is 2.39. The van der Waals surface area contributed by atoms with Gasteiger partial charge < -0.3 is 18.6 Å². The number of ether oxygens (including phenoxy) is 3. The molecule has 0 amide bonds. The van der Waals surface area contributed by atoms with Crippen LogP contribution in [-0.4, -0.2) is 43.9 Å². The number of rotatable bonds is 6. The van der Waals surface area contributed by atoms with Gasteiger partial charge in [0.15, 0.2) is 0 Å². The highest BCUT2D eigenvalue weighted by Crippen LogP contribution is 2.26. The molecule has 0 saturated carbocycles. The summed E-state index contributed by atoms with van der Waals surface area (Å²) in [6.07, 6.45) is 4.17. The van der Waals surface area contributed by atoms with Crippen LogP contribution in [-0.2, 0) is 16.0 Å². The van der Waals surface area contributed by atoms with Crippen LogP contribution in [0.4, 0.5) is 0 Å². The van der Waals surface area contributed by atoms with Crippen LogP contribution in [0.15, 0.2) is 47.1 Å². The summed E-state index contributed by atoms with van der Waals surface area (Å²) in [6, 6.07) is 12.2. The van der Waals surface area contributed by atoms with Crippen LogP contribution in [0.5, 0.6) is 5.75 Å². The van der Waals surface area contributed by atoms with Crippen molar-refractivity contribution in [3.8, 4) is 5.75 Å². The summed E-state index contributed by atoms with van der Waals surface area (Å²) in [6.45, 7) is 4.80. The predicted molar refractivity (Wildman–Crippen MR) is 93.6 cm³/mol. The Morgan fingerprint density at radius 1 is 1.08 bits per heavy atom. The Balaban J connectivity index is 1.38. The summed E-state index contributed by atoms with van der Waals surface area (Å²) in [5.41, 5.74) is 1.21. The average Bonchev–Trinajstić information content (AvgIpc) is 3.35. The average molecular weight is 343 g/mol. The van der Waals surface area contributed by atoms with Crippen LogP contribution in [0, 0.1) is 0 Å². The first-order chi connectivity index (χ1) is 12.4. The minimum absolute atomic E-state index is 0.00344. The minimum atomic E-state index is 0.00344. The van der Waals surface area contributed by atoms with Gasteiger partial charge in [-0.25, -0.2) is 0 Å². The Labute approximate surface area is 148 Å². The lowest BCUT2D eigenvalue weighted by Crippen LogP contribution is -2.37. The van der Waals surface area contributed by atoms with E-state index in [9.17, 15) is 0 Å². The van der Waals surface area contributed by atoms with E-state index in [2.05, 4.69) is 23.1 Å². The van der Waals surface area contributed by atoms with Crippen LogP contribution in [0.1, 0.15) is 30.3 Å².